The molecule has 1 aromatic rings. The van der Waals surface area contributed by atoms with Crippen molar-refractivity contribution in [2.45, 2.75) is 58.9 Å². The Labute approximate surface area is 118 Å². The molecule has 19 heavy (non-hydrogen) atoms. The second-order valence-electron chi connectivity index (χ2n) is 7.65. The molecule has 0 radical (unpaired) electrons. The minimum Gasteiger partial charge on any atom is -0.314 e. The van der Waals surface area contributed by atoms with Gasteiger partial charge < -0.3 is 5.32 Å². The van der Waals surface area contributed by atoms with Crippen molar-refractivity contribution in [3.8, 4) is 0 Å². The molecule has 0 saturated heterocycles. The zero-order valence-electron chi connectivity index (χ0n) is 13.2. The van der Waals surface area contributed by atoms with Crippen LogP contribution in [0, 0.1) is 11.3 Å². The summed E-state index contributed by atoms with van der Waals surface area (Å²) in [6.45, 7) is 12.7. The molecule has 0 spiro atoms. The first-order valence-electron chi connectivity index (χ1n) is 7.62. The lowest BCUT2D eigenvalue weighted by atomic mass is 9.52. The fraction of sp³-hybridized carbons (Fsp3) is 0.667. The van der Waals surface area contributed by atoms with Crippen LogP contribution in [-0.4, -0.2) is 12.6 Å². The van der Waals surface area contributed by atoms with Crippen molar-refractivity contribution >= 4 is 0 Å². The lowest BCUT2D eigenvalue weighted by Crippen LogP contribution is -2.52. The van der Waals surface area contributed by atoms with Gasteiger partial charge >= 0.3 is 0 Å². The van der Waals surface area contributed by atoms with Crippen LogP contribution in [0.25, 0.3) is 0 Å². The van der Waals surface area contributed by atoms with Crippen LogP contribution in [0.4, 0.5) is 0 Å². The summed E-state index contributed by atoms with van der Waals surface area (Å²) in [5.74, 6) is 0.849. The van der Waals surface area contributed by atoms with E-state index in [1.54, 1.807) is 0 Å². The Morgan fingerprint density at radius 3 is 2.21 bits per heavy atom. The van der Waals surface area contributed by atoms with E-state index in [4.69, 9.17) is 0 Å². The topological polar surface area (TPSA) is 12.0 Å². The molecule has 1 fully saturated rings. The largest absolute Gasteiger partial charge is 0.314 e. The van der Waals surface area contributed by atoms with Gasteiger partial charge in [-0.2, -0.15) is 0 Å². The van der Waals surface area contributed by atoms with E-state index in [0.29, 0.717) is 16.9 Å². The Morgan fingerprint density at radius 1 is 1.16 bits per heavy atom. The van der Waals surface area contributed by atoms with Gasteiger partial charge in [0.25, 0.3) is 0 Å². The van der Waals surface area contributed by atoms with Crippen molar-refractivity contribution < 1.29 is 0 Å². The maximum atomic E-state index is 3.66. The Bertz CT molecular complexity index is 393. The molecule has 0 aliphatic heterocycles. The number of rotatable bonds is 4. The van der Waals surface area contributed by atoms with Crippen LogP contribution in [0.1, 0.15) is 53.0 Å². The maximum Gasteiger partial charge on any atom is 0.00835 e. The van der Waals surface area contributed by atoms with Crippen molar-refractivity contribution in [1.82, 2.24) is 5.32 Å². The van der Waals surface area contributed by atoms with Gasteiger partial charge in [0.05, 0.1) is 0 Å². The van der Waals surface area contributed by atoms with Gasteiger partial charge in [-0.05, 0) is 29.7 Å². The second-order valence-corrected chi connectivity index (χ2v) is 7.65. The highest BCUT2D eigenvalue weighted by Crippen LogP contribution is 2.54. The van der Waals surface area contributed by atoms with E-state index >= 15 is 0 Å². The molecule has 1 aromatic carbocycles. The van der Waals surface area contributed by atoms with E-state index < -0.39 is 0 Å². The van der Waals surface area contributed by atoms with Gasteiger partial charge in [0.2, 0.25) is 0 Å². The van der Waals surface area contributed by atoms with Gasteiger partial charge in [0, 0.05) is 18.0 Å². The average molecular weight is 259 g/mol. The summed E-state index contributed by atoms with van der Waals surface area (Å²) in [7, 11) is 0. The molecule has 0 atom stereocenters. The first-order chi connectivity index (χ1) is 8.83. The van der Waals surface area contributed by atoms with E-state index in [1.807, 2.05) is 0 Å². The molecule has 0 amide bonds. The Kier molecular flexibility index (Phi) is 4.06. The number of benzene rings is 1. The minimum absolute atomic E-state index is 0.365. The first-order valence-corrected chi connectivity index (χ1v) is 7.62. The Balaban J connectivity index is 2.13. The normalized spacial score (nSPS) is 27.4. The fourth-order valence-electron chi connectivity index (χ4n) is 3.17. The molecule has 1 nitrogen and oxygen atoms in total. The highest BCUT2D eigenvalue weighted by molar-refractivity contribution is 5.30. The molecular weight excluding hydrogens is 230 g/mol. The summed E-state index contributed by atoms with van der Waals surface area (Å²) < 4.78 is 0. The minimum atomic E-state index is 0.365. The first kappa shape index (κ1) is 14.6. The molecule has 1 aliphatic rings. The van der Waals surface area contributed by atoms with E-state index in [2.05, 4.69) is 70.3 Å². The second kappa shape index (κ2) is 5.28. The third-order valence-electron chi connectivity index (χ3n) is 4.73. The van der Waals surface area contributed by atoms with Crippen molar-refractivity contribution in [2.24, 2.45) is 11.3 Å². The van der Waals surface area contributed by atoms with Gasteiger partial charge in [-0.3, -0.25) is 0 Å². The molecule has 106 valence electrons. The SMILES string of the molecule is CC(C)NCC1(c2ccccc2)CC(C(C)(C)C)C1. The number of nitrogens with one attached hydrogen (secondary N) is 1. The average Bonchev–Trinajstić information content (AvgIpc) is 2.27. The van der Waals surface area contributed by atoms with Crippen LogP contribution in [0.3, 0.4) is 0 Å². The Hall–Kier alpha value is -0.820. The van der Waals surface area contributed by atoms with E-state index in [1.165, 1.54) is 18.4 Å². The summed E-state index contributed by atoms with van der Waals surface area (Å²) in [6.07, 6.45) is 2.64. The molecule has 1 saturated carbocycles. The fourth-order valence-corrected chi connectivity index (χ4v) is 3.17. The van der Waals surface area contributed by atoms with Gasteiger partial charge in [-0.15, -0.1) is 0 Å². The van der Waals surface area contributed by atoms with Gasteiger partial charge in [0.1, 0.15) is 0 Å². The lowest BCUT2D eigenvalue weighted by Gasteiger charge is -2.54. The van der Waals surface area contributed by atoms with Crippen LogP contribution < -0.4 is 5.32 Å². The zero-order valence-corrected chi connectivity index (χ0v) is 13.2. The molecular formula is C18H29N. The third-order valence-corrected chi connectivity index (χ3v) is 4.73. The van der Waals surface area contributed by atoms with E-state index in [9.17, 15) is 0 Å². The van der Waals surface area contributed by atoms with Crippen LogP contribution in [0.5, 0.6) is 0 Å². The van der Waals surface area contributed by atoms with Crippen LogP contribution >= 0.6 is 0 Å². The molecule has 0 unspecified atom stereocenters. The summed E-state index contributed by atoms with van der Waals surface area (Å²) in [5.41, 5.74) is 2.32. The summed E-state index contributed by atoms with van der Waals surface area (Å²) >= 11 is 0. The van der Waals surface area contributed by atoms with Crippen LogP contribution in [0.15, 0.2) is 30.3 Å². The summed E-state index contributed by atoms with van der Waals surface area (Å²) in [5, 5.41) is 3.66. The predicted octanol–water partition coefficient (Wildman–Crippen LogP) is 4.38. The molecule has 1 N–H and O–H groups in total. The van der Waals surface area contributed by atoms with Gasteiger partial charge in [-0.25, -0.2) is 0 Å². The van der Waals surface area contributed by atoms with E-state index in [-0.39, 0.29) is 0 Å². The van der Waals surface area contributed by atoms with Crippen molar-refractivity contribution in [2.75, 3.05) is 6.54 Å². The monoisotopic (exact) mass is 259 g/mol. The summed E-state index contributed by atoms with van der Waals surface area (Å²) in [6, 6.07) is 11.6. The molecule has 2 rings (SSSR count). The smallest absolute Gasteiger partial charge is 0.00835 e. The zero-order chi connectivity index (χ0) is 14.1. The van der Waals surface area contributed by atoms with E-state index in [0.717, 1.165) is 12.5 Å². The predicted molar refractivity (Wildman–Crippen MR) is 83.4 cm³/mol. The molecule has 1 aliphatic carbocycles. The molecule has 0 heterocycles. The molecule has 0 aromatic heterocycles. The number of hydrogen-bond donors (Lipinski definition) is 1. The molecule has 1 heteroatoms. The summed E-state index contributed by atoms with van der Waals surface area (Å²) in [4.78, 5) is 0. The van der Waals surface area contributed by atoms with Gasteiger partial charge in [0.15, 0.2) is 0 Å². The van der Waals surface area contributed by atoms with Crippen molar-refractivity contribution in [3.05, 3.63) is 35.9 Å². The van der Waals surface area contributed by atoms with Crippen LogP contribution in [-0.2, 0) is 5.41 Å². The Morgan fingerprint density at radius 2 is 1.74 bits per heavy atom. The molecule has 0 bridgehead atoms. The van der Waals surface area contributed by atoms with Crippen molar-refractivity contribution in [1.29, 1.82) is 0 Å². The lowest BCUT2D eigenvalue weighted by molar-refractivity contribution is 0.0437. The van der Waals surface area contributed by atoms with Crippen LogP contribution in [0.2, 0.25) is 0 Å². The van der Waals surface area contributed by atoms with Crippen molar-refractivity contribution in [3.63, 3.8) is 0 Å². The number of hydrogen-bond acceptors (Lipinski definition) is 1. The highest BCUT2D eigenvalue weighted by Gasteiger charge is 2.48. The maximum absolute atomic E-state index is 3.66. The standard InChI is InChI=1S/C18H29N/c1-14(2)19-13-18(15-9-7-6-8-10-15)11-16(12-18)17(3,4)5/h6-10,14,16,19H,11-13H2,1-5H3. The third kappa shape index (κ3) is 3.20. The highest BCUT2D eigenvalue weighted by atomic mass is 14.9. The quantitative estimate of drug-likeness (QED) is 0.846. The van der Waals surface area contributed by atoms with Gasteiger partial charge in [-0.1, -0.05) is 65.0 Å².